The van der Waals surface area contributed by atoms with Crippen LogP contribution >= 0.6 is 0 Å². The molecule has 0 aliphatic heterocycles. The van der Waals surface area contributed by atoms with E-state index in [0.717, 1.165) is 0 Å². The summed E-state index contributed by atoms with van der Waals surface area (Å²) in [6.45, 7) is 4.59. The zero-order valence-electron chi connectivity index (χ0n) is 35.5. The first-order valence-electron chi connectivity index (χ1n) is 22.6. The predicted molar refractivity (Wildman–Crippen MR) is 271 cm³/mol. The number of hydrogen-bond acceptors (Lipinski definition) is 0. The van der Waals surface area contributed by atoms with Gasteiger partial charge in [0, 0.05) is 0 Å². The summed E-state index contributed by atoms with van der Waals surface area (Å²) in [5.74, 6) is 0. The standard InChI is InChI=1S/C64H38/c1-35-13-9-11-19-41(35)59-61-49-29-25-45-43-23-21-40(38-17-7-4-8-18-38)34-54(43)48-28-32-52(57(49)55(45)48)64(61)60(42-20-12-10-14-36(42)2)62-50-30-26-46-44-24-22-39(37-15-5-3-6-16-37)33-53(44)47-27-31-51(63(59)62)58(50)56(46)47/h3-34H,1-2H3. The van der Waals surface area contributed by atoms with Gasteiger partial charge in [0.15, 0.2) is 0 Å². The van der Waals surface area contributed by atoms with Crippen LogP contribution in [0.15, 0.2) is 194 Å². The number of benzene rings is 11. The number of rotatable bonds is 4. The van der Waals surface area contributed by atoms with Crippen LogP contribution in [-0.4, -0.2) is 0 Å². The molecular formula is C64H38. The minimum atomic E-state index is 1.25. The minimum Gasteiger partial charge on any atom is -0.0622 e. The van der Waals surface area contributed by atoms with Gasteiger partial charge in [-0.2, -0.15) is 0 Å². The van der Waals surface area contributed by atoms with E-state index in [-0.39, 0.29) is 0 Å². The molecule has 0 heterocycles. The molecule has 0 N–H and O–H groups in total. The lowest BCUT2D eigenvalue weighted by Crippen LogP contribution is -1.91. The summed E-state index contributed by atoms with van der Waals surface area (Å²) in [5, 5.41) is 21.7. The molecule has 0 atom stereocenters. The number of fused-ring (bicyclic) bond motifs is 10. The molecule has 64 heavy (non-hydrogen) atoms. The van der Waals surface area contributed by atoms with Gasteiger partial charge in [-0.15, -0.1) is 0 Å². The van der Waals surface area contributed by atoms with Crippen molar-refractivity contribution in [2.45, 2.75) is 13.8 Å². The summed E-state index contributed by atoms with van der Waals surface area (Å²) in [7, 11) is 0. The van der Waals surface area contributed by atoms with E-state index in [9.17, 15) is 0 Å². The maximum atomic E-state index is 2.46. The minimum absolute atomic E-state index is 1.25. The predicted octanol–water partition coefficient (Wildman–Crippen LogP) is 17.3. The zero-order valence-corrected chi connectivity index (χ0v) is 35.5. The second-order valence-corrected chi connectivity index (χ2v) is 18.3. The Balaban J connectivity index is 1.15. The Labute approximate surface area is 369 Å². The summed E-state index contributed by atoms with van der Waals surface area (Å²) < 4.78 is 0. The smallest absolute Gasteiger partial charge is 0.000707 e. The second-order valence-electron chi connectivity index (χ2n) is 18.3. The third-order valence-electron chi connectivity index (χ3n) is 15.1. The molecule has 0 heteroatoms. The third kappa shape index (κ3) is 4.28. The second kappa shape index (κ2) is 12.3. The molecule has 0 spiro atoms. The van der Waals surface area contributed by atoms with E-state index in [1.807, 2.05) is 0 Å². The van der Waals surface area contributed by atoms with Crippen molar-refractivity contribution < 1.29 is 0 Å². The Bertz CT molecular complexity index is 4300. The van der Waals surface area contributed by atoms with Crippen LogP contribution in [0.1, 0.15) is 11.1 Å². The topological polar surface area (TPSA) is 0 Å². The summed E-state index contributed by atoms with van der Waals surface area (Å²) in [5.41, 5.74) is 18.2. The zero-order chi connectivity index (χ0) is 41.9. The molecule has 13 aromatic rings. The van der Waals surface area contributed by atoms with Crippen LogP contribution in [-0.2, 0) is 0 Å². The molecule has 13 aromatic carbocycles. The molecule has 2 aliphatic carbocycles. The largest absolute Gasteiger partial charge is 0.0622 e. The van der Waals surface area contributed by atoms with Crippen LogP contribution in [0.3, 0.4) is 0 Å². The molecule has 0 radical (unpaired) electrons. The van der Waals surface area contributed by atoms with Crippen LogP contribution in [0.5, 0.6) is 0 Å². The van der Waals surface area contributed by atoms with Crippen molar-refractivity contribution in [3.63, 3.8) is 0 Å². The molecule has 294 valence electrons. The van der Waals surface area contributed by atoms with E-state index in [4.69, 9.17) is 0 Å². The highest BCUT2D eigenvalue weighted by atomic mass is 14.3. The quantitative estimate of drug-likeness (QED) is 0.166. The van der Waals surface area contributed by atoms with Crippen molar-refractivity contribution in [3.8, 4) is 66.8 Å². The van der Waals surface area contributed by atoms with Crippen molar-refractivity contribution >= 4 is 64.6 Å². The molecule has 15 rings (SSSR count). The molecule has 0 bridgehead atoms. The molecule has 0 nitrogen and oxygen atoms in total. The van der Waals surface area contributed by atoms with Gasteiger partial charge in [-0.25, -0.2) is 0 Å². The van der Waals surface area contributed by atoms with Gasteiger partial charge in [-0.1, -0.05) is 182 Å². The Morgan fingerprint density at radius 3 is 1.20 bits per heavy atom. The summed E-state index contributed by atoms with van der Waals surface area (Å²) >= 11 is 0. The van der Waals surface area contributed by atoms with E-state index < -0.39 is 0 Å². The van der Waals surface area contributed by atoms with E-state index >= 15 is 0 Å². The fourth-order valence-corrected chi connectivity index (χ4v) is 12.4. The monoisotopic (exact) mass is 806 g/mol. The van der Waals surface area contributed by atoms with Crippen LogP contribution < -0.4 is 0 Å². The van der Waals surface area contributed by atoms with E-state index in [2.05, 4.69) is 208 Å². The number of aryl methyl sites for hydroxylation is 2. The SMILES string of the molecule is Cc1ccccc1-c1c2c3ccc4c5c(ccc(c2c(-c2ccccc2C)c2c6ccc7c8c(ccc(c12)c86)=c1ccc(-c2ccccc2)cc1=7)c53)-c1ccc(-c2ccccc2)cc1-4. The Hall–Kier alpha value is -8.06. The average Bonchev–Trinajstić information content (AvgIpc) is 4.06. The molecular weight excluding hydrogens is 769 g/mol. The molecule has 0 fully saturated rings. The van der Waals surface area contributed by atoms with Gasteiger partial charge in [-0.05, 0) is 189 Å². The summed E-state index contributed by atoms with van der Waals surface area (Å²) in [6, 6.07) is 73.5. The van der Waals surface area contributed by atoms with Crippen LogP contribution in [0.2, 0.25) is 0 Å². The molecule has 0 aromatic heterocycles. The highest BCUT2D eigenvalue weighted by Crippen LogP contribution is 2.59. The average molecular weight is 807 g/mol. The lowest BCUT2D eigenvalue weighted by molar-refractivity contribution is 1.47. The highest BCUT2D eigenvalue weighted by Gasteiger charge is 2.32. The van der Waals surface area contributed by atoms with Crippen molar-refractivity contribution in [1.82, 2.24) is 0 Å². The van der Waals surface area contributed by atoms with Gasteiger partial charge in [0.25, 0.3) is 0 Å². The molecule has 0 unspecified atom stereocenters. The summed E-state index contributed by atoms with van der Waals surface area (Å²) in [6.07, 6.45) is 0. The van der Waals surface area contributed by atoms with Crippen molar-refractivity contribution in [2.24, 2.45) is 0 Å². The maximum Gasteiger partial charge on any atom is -0.000707 e. The van der Waals surface area contributed by atoms with Gasteiger partial charge in [0.1, 0.15) is 0 Å². The van der Waals surface area contributed by atoms with Gasteiger partial charge >= 0.3 is 0 Å². The fraction of sp³-hybridized carbons (Fsp3) is 0.0312. The van der Waals surface area contributed by atoms with Gasteiger partial charge in [0.05, 0.1) is 0 Å². The molecule has 0 saturated carbocycles. The van der Waals surface area contributed by atoms with Crippen LogP contribution in [0.25, 0.3) is 131 Å². The van der Waals surface area contributed by atoms with Crippen molar-refractivity contribution in [1.29, 1.82) is 0 Å². The normalized spacial score (nSPS) is 12.5. The molecule has 0 amide bonds. The first-order chi connectivity index (χ1) is 31.6. The third-order valence-corrected chi connectivity index (χ3v) is 15.1. The van der Waals surface area contributed by atoms with Gasteiger partial charge in [0.2, 0.25) is 0 Å². The first-order valence-corrected chi connectivity index (χ1v) is 22.6. The Kier molecular flexibility index (Phi) is 6.64. The molecule has 2 aliphatic rings. The lowest BCUT2D eigenvalue weighted by Gasteiger charge is -2.18. The van der Waals surface area contributed by atoms with Crippen molar-refractivity contribution in [3.05, 3.63) is 226 Å². The Morgan fingerprint density at radius 1 is 0.219 bits per heavy atom. The van der Waals surface area contributed by atoms with Crippen LogP contribution in [0.4, 0.5) is 0 Å². The van der Waals surface area contributed by atoms with E-state index in [0.29, 0.717) is 0 Å². The first kappa shape index (κ1) is 34.5. The summed E-state index contributed by atoms with van der Waals surface area (Å²) in [4.78, 5) is 0. The van der Waals surface area contributed by atoms with Gasteiger partial charge < -0.3 is 0 Å². The van der Waals surface area contributed by atoms with Crippen molar-refractivity contribution in [2.75, 3.05) is 0 Å². The van der Waals surface area contributed by atoms with E-state index in [1.54, 1.807) is 0 Å². The highest BCUT2D eigenvalue weighted by molar-refractivity contribution is 6.48. The fourth-order valence-electron chi connectivity index (χ4n) is 12.4. The molecule has 0 saturated heterocycles. The van der Waals surface area contributed by atoms with E-state index in [1.165, 1.54) is 163 Å². The lowest BCUT2D eigenvalue weighted by atomic mass is 9.85. The van der Waals surface area contributed by atoms with Crippen LogP contribution in [0, 0.1) is 34.7 Å². The maximum absolute atomic E-state index is 2.46. The Morgan fingerprint density at radius 2 is 0.641 bits per heavy atom. The van der Waals surface area contributed by atoms with Gasteiger partial charge in [-0.3, -0.25) is 0 Å². The number of hydrogen-bond donors (Lipinski definition) is 0.